The Balaban J connectivity index is 1.55. The maximum Gasteiger partial charge on any atom is 0.143 e. The number of para-hydroxylation sites is 1. The summed E-state index contributed by atoms with van der Waals surface area (Å²) < 4.78 is 33.3. The van der Waals surface area contributed by atoms with Crippen LogP contribution in [0.1, 0.15) is 5.56 Å². The lowest BCUT2D eigenvalue weighted by Gasteiger charge is -2.20. The van der Waals surface area contributed by atoms with Crippen molar-refractivity contribution >= 4 is 17.4 Å². The van der Waals surface area contributed by atoms with Gasteiger partial charge in [0.1, 0.15) is 23.1 Å². The molecule has 0 unspecified atom stereocenters. The van der Waals surface area contributed by atoms with Crippen LogP contribution in [-0.2, 0) is 6.54 Å². The third-order valence-corrected chi connectivity index (χ3v) is 4.88. The lowest BCUT2D eigenvalue weighted by atomic mass is 10.2. The maximum atomic E-state index is 13.7. The van der Waals surface area contributed by atoms with Crippen LogP contribution < -0.4 is 10.1 Å². The molecular formula is C19H13F2NOS. The van der Waals surface area contributed by atoms with E-state index in [1.54, 1.807) is 11.8 Å². The van der Waals surface area contributed by atoms with E-state index in [9.17, 15) is 8.78 Å². The van der Waals surface area contributed by atoms with E-state index in [-0.39, 0.29) is 12.1 Å². The Labute approximate surface area is 142 Å². The zero-order valence-electron chi connectivity index (χ0n) is 12.6. The molecule has 1 heterocycles. The van der Waals surface area contributed by atoms with Crippen molar-refractivity contribution in [3.05, 3.63) is 77.9 Å². The molecule has 1 aliphatic heterocycles. The minimum absolute atomic E-state index is 0.0239. The molecule has 0 saturated heterocycles. The Morgan fingerprint density at radius 1 is 0.833 bits per heavy atom. The Morgan fingerprint density at radius 3 is 2.42 bits per heavy atom. The van der Waals surface area contributed by atoms with Gasteiger partial charge in [-0.25, -0.2) is 8.78 Å². The summed E-state index contributed by atoms with van der Waals surface area (Å²) in [6.45, 7) is 0.0705. The highest BCUT2D eigenvalue weighted by molar-refractivity contribution is 7.99. The fourth-order valence-corrected chi connectivity index (χ4v) is 3.46. The molecule has 0 bridgehead atoms. The van der Waals surface area contributed by atoms with Gasteiger partial charge in [-0.15, -0.1) is 0 Å². The van der Waals surface area contributed by atoms with Gasteiger partial charge in [-0.2, -0.15) is 0 Å². The molecule has 0 amide bonds. The first-order chi connectivity index (χ1) is 11.7. The monoisotopic (exact) mass is 341 g/mol. The van der Waals surface area contributed by atoms with E-state index < -0.39 is 11.6 Å². The van der Waals surface area contributed by atoms with E-state index in [0.29, 0.717) is 0 Å². The van der Waals surface area contributed by atoms with Gasteiger partial charge < -0.3 is 10.1 Å². The molecule has 0 radical (unpaired) electrons. The summed E-state index contributed by atoms with van der Waals surface area (Å²) in [5.41, 5.74) is 0.771. The molecule has 3 aromatic carbocycles. The molecule has 0 fully saturated rings. The highest BCUT2D eigenvalue weighted by atomic mass is 32.2. The summed E-state index contributed by atoms with van der Waals surface area (Å²) >= 11 is 1.64. The Bertz CT molecular complexity index is 893. The van der Waals surface area contributed by atoms with Crippen LogP contribution in [0.2, 0.25) is 0 Å². The van der Waals surface area contributed by atoms with Crippen LogP contribution in [0, 0.1) is 11.6 Å². The summed E-state index contributed by atoms with van der Waals surface area (Å²) in [6.07, 6.45) is 0. The van der Waals surface area contributed by atoms with E-state index in [1.165, 1.54) is 18.2 Å². The number of anilines is 1. The van der Waals surface area contributed by atoms with Crippen LogP contribution in [0.3, 0.4) is 0 Å². The fourth-order valence-electron chi connectivity index (χ4n) is 2.53. The zero-order valence-corrected chi connectivity index (χ0v) is 13.4. The number of nitrogens with one attached hydrogen (secondary N) is 1. The van der Waals surface area contributed by atoms with E-state index in [0.717, 1.165) is 27.0 Å². The average Bonchev–Trinajstić information content (AvgIpc) is 2.59. The van der Waals surface area contributed by atoms with Crippen LogP contribution in [0.25, 0.3) is 0 Å². The highest BCUT2D eigenvalue weighted by Gasteiger charge is 2.17. The number of ether oxygens (including phenoxy) is 1. The van der Waals surface area contributed by atoms with Gasteiger partial charge in [0.05, 0.1) is 9.79 Å². The van der Waals surface area contributed by atoms with Gasteiger partial charge in [-0.3, -0.25) is 0 Å². The molecule has 0 aromatic heterocycles. The van der Waals surface area contributed by atoms with E-state index in [1.807, 2.05) is 42.5 Å². The van der Waals surface area contributed by atoms with Crippen molar-refractivity contribution in [2.24, 2.45) is 0 Å². The second-order valence-electron chi connectivity index (χ2n) is 5.37. The lowest BCUT2D eigenvalue weighted by molar-refractivity contribution is 0.455. The molecule has 2 nitrogen and oxygen atoms in total. The number of hydrogen-bond donors (Lipinski definition) is 1. The van der Waals surface area contributed by atoms with Crippen LogP contribution in [0.5, 0.6) is 11.5 Å². The van der Waals surface area contributed by atoms with Crippen LogP contribution in [-0.4, -0.2) is 0 Å². The van der Waals surface area contributed by atoms with Gasteiger partial charge in [-0.05, 0) is 36.4 Å². The van der Waals surface area contributed by atoms with Crippen molar-refractivity contribution in [2.45, 2.75) is 16.3 Å². The molecule has 3 aromatic rings. The molecule has 1 N–H and O–H groups in total. The predicted octanol–water partition coefficient (Wildman–Crippen LogP) is 5.83. The van der Waals surface area contributed by atoms with Gasteiger partial charge in [0, 0.05) is 23.9 Å². The van der Waals surface area contributed by atoms with E-state index >= 15 is 0 Å². The lowest BCUT2D eigenvalue weighted by Crippen LogP contribution is -2.05. The third kappa shape index (κ3) is 2.83. The molecule has 5 heteroatoms. The molecule has 0 saturated carbocycles. The average molecular weight is 341 g/mol. The highest BCUT2D eigenvalue weighted by Crippen LogP contribution is 2.47. The van der Waals surface area contributed by atoms with Crippen molar-refractivity contribution in [1.29, 1.82) is 0 Å². The second-order valence-corrected chi connectivity index (χ2v) is 6.45. The van der Waals surface area contributed by atoms with Gasteiger partial charge >= 0.3 is 0 Å². The number of rotatable bonds is 3. The first-order valence-corrected chi connectivity index (χ1v) is 8.28. The zero-order chi connectivity index (χ0) is 16.5. The fraction of sp³-hybridized carbons (Fsp3) is 0.0526. The quantitative estimate of drug-likeness (QED) is 0.506. The van der Waals surface area contributed by atoms with Gasteiger partial charge in [0.25, 0.3) is 0 Å². The van der Waals surface area contributed by atoms with Crippen LogP contribution in [0.4, 0.5) is 14.5 Å². The van der Waals surface area contributed by atoms with Crippen LogP contribution in [0.15, 0.2) is 70.5 Å². The maximum absolute atomic E-state index is 13.7. The van der Waals surface area contributed by atoms with Crippen molar-refractivity contribution in [3.63, 3.8) is 0 Å². The second kappa shape index (κ2) is 6.17. The predicted molar refractivity (Wildman–Crippen MR) is 90.8 cm³/mol. The summed E-state index contributed by atoms with van der Waals surface area (Å²) in [5.74, 6) is 0.437. The van der Waals surface area contributed by atoms with Gasteiger partial charge in [0.15, 0.2) is 0 Å². The SMILES string of the molecule is Fc1cccc(F)c1CNc1ccc2c(c1)Oc1ccccc1S2. The summed E-state index contributed by atoms with van der Waals surface area (Å²) in [7, 11) is 0. The van der Waals surface area contributed by atoms with Crippen molar-refractivity contribution in [1.82, 2.24) is 0 Å². The van der Waals surface area contributed by atoms with Gasteiger partial charge in [-0.1, -0.05) is 30.0 Å². The molecule has 0 spiro atoms. The third-order valence-electron chi connectivity index (χ3n) is 3.76. The summed E-state index contributed by atoms with van der Waals surface area (Å²) in [4.78, 5) is 2.08. The molecular weight excluding hydrogens is 328 g/mol. The van der Waals surface area contributed by atoms with Gasteiger partial charge in [0.2, 0.25) is 0 Å². The van der Waals surface area contributed by atoms with Crippen molar-refractivity contribution in [2.75, 3.05) is 5.32 Å². The van der Waals surface area contributed by atoms with Crippen LogP contribution >= 0.6 is 11.8 Å². The molecule has 0 aliphatic carbocycles. The number of halogens is 2. The Morgan fingerprint density at radius 2 is 1.58 bits per heavy atom. The minimum atomic E-state index is -0.554. The van der Waals surface area contributed by atoms with Crippen molar-refractivity contribution < 1.29 is 13.5 Å². The number of fused-ring (bicyclic) bond motifs is 2. The molecule has 24 heavy (non-hydrogen) atoms. The first kappa shape index (κ1) is 15.0. The smallest absolute Gasteiger partial charge is 0.143 e. The van der Waals surface area contributed by atoms with E-state index in [4.69, 9.17) is 4.74 Å². The molecule has 4 rings (SSSR count). The molecule has 0 atom stereocenters. The topological polar surface area (TPSA) is 21.3 Å². The normalized spacial score (nSPS) is 12.1. The van der Waals surface area contributed by atoms with Crippen molar-refractivity contribution in [3.8, 4) is 11.5 Å². The molecule has 120 valence electrons. The standard InChI is InChI=1S/C19H13F2NOS/c20-14-4-3-5-15(21)13(14)11-22-12-8-9-19-17(10-12)23-16-6-1-2-7-18(16)24-19/h1-10,22H,11H2. The minimum Gasteiger partial charge on any atom is -0.455 e. The first-order valence-electron chi connectivity index (χ1n) is 7.46. The van der Waals surface area contributed by atoms with E-state index in [2.05, 4.69) is 5.32 Å². The number of hydrogen-bond acceptors (Lipinski definition) is 3. The molecule has 1 aliphatic rings. The Hall–Kier alpha value is -2.53. The Kier molecular flexibility index (Phi) is 3.86. The summed E-state index contributed by atoms with van der Waals surface area (Å²) in [5, 5.41) is 3.05. The largest absolute Gasteiger partial charge is 0.455 e. The summed E-state index contributed by atoms with van der Waals surface area (Å²) in [6, 6.07) is 17.3. The number of benzene rings is 3.